The fourth-order valence-electron chi connectivity index (χ4n) is 1.12. The highest BCUT2D eigenvalue weighted by atomic mass is 32.2. The number of hydrogen-bond donors (Lipinski definition) is 2. The van der Waals surface area contributed by atoms with Gasteiger partial charge in [-0.15, -0.1) is 0 Å². The third-order valence-corrected chi connectivity index (χ3v) is 3.32. The molecule has 0 aromatic rings. The Morgan fingerprint density at radius 3 is 2.53 bits per heavy atom. The van der Waals surface area contributed by atoms with E-state index in [0.717, 1.165) is 0 Å². The zero-order valence-corrected chi connectivity index (χ0v) is 10.8. The van der Waals surface area contributed by atoms with Crippen molar-refractivity contribution in [3.05, 3.63) is 35.8 Å². The van der Waals surface area contributed by atoms with Crippen molar-refractivity contribution in [3.63, 3.8) is 0 Å². The third-order valence-electron chi connectivity index (χ3n) is 1.82. The van der Waals surface area contributed by atoms with E-state index in [4.69, 9.17) is 0 Å². The molecule has 0 aromatic heterocycles. The number of carbonyl (C=O) groups excluding carboxylic acids is 1. The van der Waals surface area contributed by atoms with Gasteiger partial charge in [-0.05, 0) is 26.1 Å². The van der Waals surface area contributed by atoms with Gasteiger partial charge in [-0.2, -0.15) is 4.72 Å². The number of hydrogen-bond acceptors (Lipinski definition) is 4. The van der Waals surface area contributed by atoms with Crippen molar-refractivity contribution in [2.45, 2.75) is 13.0 Å². The van der Waals surface area contributed by atoms with E-state index in [-0.39, 0.29) is 11.4 Å². The van der Waals surface area contributed by atoms with Crippen LogP contribution in [0, 0.1) is 0 Å². The van der Waals surface area contributed by atoms with Gasteiger partial charge in [-0.1, -0.05) is 18.7 Å². The SMILES string of the molecule is C=C/C=C(\C=C/C)S(=O)(=O)N[C@H](C=O)CNC. The highest BCUT2D eigenvalue weighted by Crippen LogP contribution is 2.07. The quantitative estimate of drug-likeness (QED) is 0.486. The molecule has 0 amide bonds. The van der Waals surface area contributed by atoms with Gasteiger partial charge in [-0.3, -0.25) is 0 Å². The summed E-state index contributed by atoms with van der Waals surface area (Å²) in [4.78, 5) is 10.8. The van der Waals surface area contributed by atoms with Crippen LogP contribution in [0.5, 0.6) is 0 Å². The van der Waals surface area contributed by atoms with Gasteiger partial charge >= 0.3 is 0 Å². The Morgan fingerprint density at radius 1 is 1.47 bits per heavy atom. The maximum absolute atomic E-state index is 11.9. The number of aldehydes is 1. The second kappa shape index (κ2) is 7.94. The van der Waals surface area contributed by atoms with Gasteiger partial charge in [0.25, 0.3) is 0 Å². The maximum atomic E-state index is 11.9. The summed E-state index contributed by atoms with van der Waals surface area (Å²) in [5.74, 6) is 0. The zero-order chi connectivity index (χ0) is 13.3. The predicted octanol–water partition coefficient (Wildman–Crippen LogP) is 0.339. The average Bonchev–Trinajstić information content (AvgIpc) is 2.28. The summed E-state index contributed by atoms with van der Waals surface area (Å²) >= 11 is 0. The molecule has 96 valence electrons. The van der Waals surface area contributed by atoms with Crippen LogP contribution in [0.2, 0.25) is 0 Å². The standard InChI is InChI=1S/C11H18N2O3S/c1-4-6-11(7-5-2)17(15,16)13-10(9-14)8-12-3/h4-7,9-10,12-13H,1,8H2,2-3H3/b7-5-,11-6+/t10-/m0/s1. The molecule has 0 bridgehead atoms. The van der Waals surface area contributed by atoms with E-state index in [1.54, 1.807) is 20.0 Å². The Bertz CT molecular complexity index is 410. The largest absolute Gasteiger partial charge is 0.318 e. The number of sulfonamides is 1. The summed E-state index contributed by atoms with van der Waals surface area (Å²) < 4.78 is 26.1. The molecule has 0 unspecified atom stereocenters. The van der Waals surface area contributed by atoms with Crippen molar-refractivity contribution in [3.8, 4) is 0 Å². The average molecular weight is 258 g/mol. The molecule has 1 atom stereocenters. The van der Waals surface area contributed by atoms with E-state index in [2.05, 4.69) is 16.6 Å². The topological polar surface area (TPSA) is 75.3 Å². The van der Waals surface area contributed by atoms with Crippen molar-refractivity contribution in [2.24, 2.45) is 0 Å². The first-order valence-corrected chi connectivity index (χ1v) is 6.57. The van der Waals surface area contributed by atoms with Gasteiger partial charge < -0.3 is 10.1 Å². The minimum Gasteiger partial charge on any atom is -0.318 e. The van der Waals surface area contributed by atoms with Crippen LogP contribution >= 0.6 is 0 Å². The third kappa shape index (κ3) is 5.58. The molecule has 2 N–H and O–H groups in total. The van der Waals surface area contributed by atoms with Crippen molar-refractivity contribution < 1.29 is 13.2 Å². The van der Waals surface area contributed by atoms with E-state index in [1.807, 2.05) is 0 Å². The van der Waals surface area contributed by atoms with Crippen molar-refractivity contribution in [1.82, 2.24) is 10.0 Å². The van der Waals surface area contributed by atoms with Crippen molar-refractivity contribution in [2.75, 3.05) is 13.6 Å². The Balaban J connectivity index is 5.04. The number of allylic oxidation sites excluding steroid dienone is 4. The van der Waals surface area contributed by atoms with E-state index in [1.165, 1.54) is 18.2 Å². The molecule has 0 aliphatic carbocycles. The van der Waals surface area contributed by atoms with Crippen LogP contribution in [0.15, 0.2) is 35.8 Å². The minimum atomic E-state index is -3.70. The highest BCUT2D eigenvalue weighted by Gasteiger charge is 2.19. The van der Waals surface area contributed by atoms with Crippen molar-refractivity contribution in [1.29, 1.82) is 0 Å². The Hall–Kier alpha value is -1.24. The molecule has 0 radical (unpaired) electrons. The number of nitrogens with one attached hydrogen (secondary N) is 2. The molecular formula is C11H18N2O3S. The summed E-state index contributed by atoms with van der Waals surface area (Å²) in [6, 6.07) is -0.788. The molecule has 0 rings (SSSR count). The van der Waals surface area contributed by atoms with Crippen LogP contribution < -0.4 is 10.0 Å². The van der Waals surface area contributed by atoms with Gasteiger partial charge in [-0.25, -0.2) is 8.42 Å². The summed E-state index contributed by atoms with van der Waals surface area (Å²) in [5, 5.41) is 2.73. The summed E-state index contributed by atoms with van der Waals surface area (Å²) in [6.45, 7) is 5.39. The Morgan fingerprint density at radius 2 is 2.12 bits per heavy atom. The van der Waals surface area contributed by atoms with Crippen molar-refractivity contribution >= 4 is 16.3 Å². The molecule has 0 aromatic carbocycles. The lowest BCUT2D eigenvalue weighted by Crippen LogP contribution is -2.42. The predicted molar refractivity (Wildman–Crippen MR) is 68.9 cm³/mol. The van der Waals surface area contributed by atoms with Crippen LogP contribution in [0.4, 0.5) is 0 Å². The minimum absolute atomic E-state index is 0.0675. The first-order chi connectivity index (χ1) is 8.01. The molecule has 0 spiro atoms. The molecule has 5 nitrogen and oxygen atoms in total. The summed E-state index contributed by atoms with van der Waals surface area (Å²) in [6.07, 6.45) is 6.33. The second-order valence-electron chi connectivity index (χ2n) is 3.23. The van der Waals surface area contributed by atoms with Gasteiger partial charge in [0, 0.05) is 6.54 Å². The van der Waals surface area contributed by atoms with Gasteiger partial charge in [0.1, 0.15) is 6.29 Å². The smallest absolute Gasteiger partial charge is 0.241 e. The number of rotatable bonds is 8. The van der Waals surface area contributed by atoms with Gasteiger partial charge in [0.15, 0.2) is 0 Å². The number of likely N-dealkylation sites (N-methyl/N-ethyl adjacent to an activating group) is 1. The molecule has 17 heavy (non-hydrogen) atoms. The molecule has 0 aliphatic heterocycles. The first-order valence-electron chi connectivity index (χ1n) is 5.09. The summed E-state index contributed by atoms with van der Waals surface area (Å²) in [5.41, 5.74) is 0. The van der Waals surface area contributed by atoms with Crippen LogP contribution in [0.1, 0.15) is 6.92 Å². The first kappa shape index (κ1) is 15.8. The molecule has 0 aliphatic rings. The Labute approximate surface area is 102 Å². The summed E-state index contributed by atoms with van der Waals surface area (Å²) in [7, 11) is -2.06. The fourth-order valence-corrected chi connectivity index (χ4v) is 2.38. The van der Waals surface area contributed by atoms with E-state index in [0.29, 0.717) is 6.29 Å². The lowest BCUT2D eigenvalue weighted by Gasteiger charge is -2.12. The zero-order valence-electron chi connectivity index (χ0n) is 10.0. The molecular weight excluding hydrogens is 240 g/mol. The van der Waals surface area contributed by atoms with Crippen LogP contribution in [0.3, 0.4) is 0 Å². The normalized spacial score (nSPS) is 14.8. The second-order valence-corrected chi connectivity index (χ2v) is 4.94. The molecule has 0 saturated carbocycles. The van der Waals surface area contributed by atoms with E-state index in [9.17, 15) is 13.2 Å². The van der Waals surface area contributed by atoms with Crippen LogP contribution in [-0.2, 0) is 14.8 Å². The fraction of sp³-hybridized carbons (Fsp3) is 0.364. The van der Waals surface area contributed by atoms with E-state index < -0.39 is 16.1 Å². The monoisotopic (exact) mass is 258 g/mol. The van der Waals surface area contributed by atoms with Gasteiger partial charge in [0.05, 0.1) is 10.9 Å². The molecule has 6 heteroatoms. The molecule has 0 heterocycles. The lowest BCUT2D eigenvalue weighted by molar-refractivity contribution is -0.109. The highest BCUT2D eigenvalue weighted by molar-refractivity contribution is 7.93. The Kier molecular flexibility index (Phi) is 7.36. The van der Waals surface area contributed by atoms with Gasteiger partial charge in [0.2, 0.25) is 10.0 Å². The van der Waals surface area contributed by atoms with Crippen LogP contribution in [-0.4, -0.2) is 34.3 Å². The molecule has 0 fully saturated rings. The number of carbonyl (C=O) groups is 1. The molecule has 0 saturated heterocycles. The van der Waals surface area contributed by atoms with Crippen LogP contribution in [0.25, 0.3) is 0 Å². The van der Waals surface area contributed by atoms with E-state index >= 15 is 0 Å². The lowest BCUT2D eigenvalue weighted by atomic mass is 10.3. The maximum Gasteiger partial charge on any atom is 0.241 e.